The second-order valence-electron chi connectivity index (χ2n) is 4.17. The molecule has 1 heteroatoms. The van der Waals surface area contributed by atoms with Crippen molar-refractivity contribution >= 4 is 0 Å². The summed E-state index contributed by atoms with van der Waals surface area (Å²) in [6, 6.07) is 0. The number of hydrogen-bond donors (Lipinski definition) is 1. The van der Waals surface area contributed by atoms with Crippen molar-refractivity contribution in [2.24, 2.45) is 11.8 Å². The van der Waals surface area contributed by atoms with Gasteiger partial charge in [-0.15, -0.1) is 0 Å². The molecule has 0 radical (unpaired) electrons. The number of aliphatic hydroxyl groups excluding tert-OH is 1. The van der Waals surface area contributed by atoms with Gasteiger partial charge in [-0.3, -0.25) is 0 Å². The highest BCUT2D eigenvalue weighted by atomic mass is 16.3. The first kappa shape index (κ1) is 12.0. The first-order valence-electron chi connectivity index (χ1n) is 5.31. The van der Waals surface area contributed by atoms with Crippen LogP contribution in [0.25, 0.3) is 0 Å². The minimum absolute atomic E-state index is 0.377. The topological polar surface area (TPSA) is 20.2 Å². The summed E-state index contributed by atoms with van der Waals surface area (Å²) in [6.07, 6.45) is 6.27. The van der Waals surface area contributed by atoms with E-state index >= 15 is 0 Å². The fourth-order valence-corrected chi connectivity index (χ4v) is 1.63. The van der Waals surface area contributed by atoms with Crippen LogP contribution in [-0.2, 0) is 0 Å². The van der Waals surface area contributed by atoms with Crippen molar-refractivity contribution in [3.8, 4) is 0 Å². The van der Waals surface area contributed by atoms with Gasteiger partial charge in [-0.1, -0.05) is 40.0 Å². The minimum atomic E-state index is 0.377. The predicted octanol–water partition coefficient (Wildman–Crippen LogP) is 3.22. The molecule has 1 N–H and O–H groups in total. The van der Waals surface area contributed by atoms with Gasteiger partial charge >= 0.3 is 0 Å². The second kappa shape index (κ2) is 7.60. The van der Waals surface area contributed by atoms with Crippen molar-refractivity contribution in [1.29, 1.82) is 0 Å². The zero-order chi connectivity index (χ0) is 9.40. The van der Waals surface area contributed by atoms with E-state index in [0.29, 0.717) is 12.5 Å². The van der Waals surface area contributed by atoms with Crippen LogP contribution in [0.5, 0.6) is 0 Å². The summed E-state index contributed by atoms with van der Waals surface area (Å²) in [5.74, 6) is 1.28. The lowest BCUT2D eigenvalue weighted by Gasteiger charge is -2.15. The van der Waals surface area contributed by atoms with E-state index in [0.717, 1.165) is 5.92 Å². The van der Waals surface area contributed by atoms with E-state index in [-0.39, 0.29) is 0 Å². The maximum Gasteiger partial charge on any atom is 0.0459 e. The molecule has 0 aromatic rings. The number of aliphatic hydroxyl groups is 1. The average Bonchev–Trinajstić information content (AvgIpc) is 2.02. The van der Waals surface area contributed by atoms with Gasteiger partial charge in [0.25, 0.3) is 0 Å². The van der Waals surface area contributed by atoms with Crippen LogP contribution in [0.3, 0.4) is 0 Å². The van der Waals surface area contributed by atoms with E-state index in [1.807, 2.05) is 0 Å². The Bertz CT molecular complexity index is 89.0. The summed E-state index contributed by atoms with van der Waals surface area (Å²) in [5, 5.41) is 9.07. The molecule has 12 heavy (non-hydrogen) atoms. The summed E-state index contributed by atoms with van der Waals surface area (Å²) in [5.41, 5.74) is 0. The van der Waals surface area contributed by atoms with E-state index in [4.69, 9.17) is 5.11 Å². The Labute approximate surface area is 77.2 Å². The predicted molar refractivity (Wildman–Crippen MR) is 54.2 cm³/mol. The minimum Gasteiger partial charge on any atom is -0.396 e. The van der Waals surface area contributed by atoms with Gasteiger partial charge in [-0.2, -0.15) is 0 Å². The Kier molecular flexibility index (Phi) is 7.58. The van der Waals surface area contributed by atoms with Crippen LogP contribution in [0.1, 0.15) is 52.9 Å². The van der Waals surface area contributed by atoms with Crippen molar-refractivity contribution in [2.45, 2.75) is 52.9 Å². The molecule has 1 atom stereocenters. The zero-order valence-corrected chi connectivity index (χ0v) is 8.84. The molecule has 0 aliphatic heterocycles. The molecule has 0 spiro atoms. The molecule has 0 fully saturated rings. The first-order chi connectivity index (χ1) is 5.70. The molecular weight excluding hydrogens is 148 g/mol. The molecule has 0 aromatic carbocycles. The summed E-state index contributed by atoms with van der Waals surface area (Å²) in [4.78, 5) is 0. The first-order valence-corrected chi connectivity index (χ1v) is 5.31. The highest BCUT2D eigenvalue weighted by Gasteiger charge is 2.08. The van der Waals surface area contributed by atoms with Crippen LogP contribution in [0.4, 0.5) is 0 Å². The van der Waals surface area contributed by atoms with Crippen LogP contribution in [0.2, 0.25) is 0 Å². The maximum atomic E-state index is 9.07. The third-order valence-electron chi connectivity index (χ3n) is 2.28. The molecule has 0 aliphatic rings. The van der Waals surface area contributed by atoms with E-state index in [1.165, 1.54) is 32.1 Å². The molecule has 1 nitrogen and oxygen atoms in total. The van der Waals surface area contributed by atoms with Gasteiger partial charge in [-0.25, -0.2) is 0 Å². The highest BCUT2D eigenvalue weighted by molar-refractivity contribution is 4.60. The Morgan fingerprint density at radius 2 is 1.83 bits per heavy atom. The Morgan fingerprint density at radius 3 is 2.25 bits per heavy atom. The van der Waals surface area contributed by atoms with Crippen molar-refractivity contribution in [2.75, 3.05) is 6.61 Å². The summed E-state index contributed by atoms with van der Waals surface area (Å²) >= 11 is 0. The fourth-order valence-electron chi connectivity index (χ4n) is 1.63. The Balaban J connectivity index is 3.39. The molecule has 0 rings (SSSR count). The van der Waals surface area contributed by atoms with Gasteiger partial charge in [0.15, 0.2) is 0 Å². The summed E-state index contributed by atoms with van der Waals surface area (Å²) < 4.78 is 0. The molecule has 0 bridgehead atoms. The smallest absolute Gasteiger partial charge is 0.0459 e. The van der Waals surface area contributed by atoms with Crippen molar-refractivity contribution in [3.63, 3.8) is 0 Å². The van der Waals surface area contributed by atoms with Crippen LogP contribution < -0.4 is 0 Å². The van der Waals surface area contributed by atoms with E-state index in [9.17, 15) is 0 Å². The molecule has 1 unspecified atom stereocenters. The summed E-state index contributed by atoms with van der Waals surface area (Å²) in [6.45, 7) is 7.04. The highest BCUT2D eigenvalue weighted by Crippen LogP contribution is 2.17. The second-order valence-corrected chi connectivity index (χ2v) is 4.17. The van der Waals surface area contributed by atoms with Crippen LogP contribution in [0, 0.1) is 11.8 Å². The Morgan fingerprint density at radius 1 is 1.17 bits per heavy atom. The van der Waals surface area contributed by atoms with E-state index in [1.54, 1.807) is 0 Å². The molecule has 74 valence electrons. The fraction of sp³-hybridized carbons (Fsp3) is 1.00. The van der Waals surface area contributed by atoms with E-state index < -0.39 is 0 Å². The van der Waals surface area contributed by atoms with Gasteiger partial charge < -0.3 is 5.11 Å². The van der Waals surface area contributed by atoms with Gasteiger partial charge in [0.2, 0.25) is 0 Å². The lowest BCUT2D eigenvalue weighted by molar-refractivity contribution is 0.195. The van der Waals surface area contributed by atoms with Crippen LogP contribution >= 0.6 is 0 Å². The van der Waals surface area contributed by atoms with Gasteiger partial charge in [0.05, 0.1) is 0 Å². The molecule has 0 aliphatic carbocycles. The third kappa shape index (κ3) is 6.66. The molecule has 0 saturated heterocycles. The zero-order valence-electron chi connectivity index (χ0n) is 8.84. The lowest BCUT2D eigenvalue weighted by Crippen LogP contribution is -2.09. The molecular formula is C11H24O. The van der Waals surface area contributed by atoms with Gasteiger partial charge in [-0.05, 0) is 24.7 Å². The summed E-state index contributed by atoms with van der Waals surface area (Å²) in [7, 11) is 0. The largest absolute Gasteiger partial charge is 0.396 e. The third-order valence-corrected chi connectivity index (χ3v) is 2.28. The van der Waals surface area contributed by atoms with Crippen molar-refractivity contribution in [3.05, 3.63) is 0 Å². The van der Waals surface area contributed by atoms with Crippen molar-refractivity contribution < 1.29 is 5.11 Å². The SMILES string of the molecule is CCCCCC(CO)CC(C)C. The molecule has 0 heterocycles. The normalized spacial score (nSPS) is 13.8. The standard InChI is InChI=1S/C11H24O/c1-4-5-6-7-11(9-12)8-10(2)3/h10-12H,4-9H2,1-3H3. The molecule has 0 aromatic heterocycles. The van der Waals surface area contributed by atoms with Gasteiger partial charge in [0, 0.05) is 6.61 Å². The maximum absolute atomic E-state index is 9.07. The number of unbranched alkanes of at least 4 members (excludes halogenated alkanes) is 2. The van der Waals surface area contributed by atoms with Crippen molar-refractivity contribution in [1.82, 2.24) is 0 Å². The van der Waals surface area contributed by atoms with Gasteiger partial charge in [0.1, 0.15) is 0 Å². The number of hydrogen-bond acceptors (Lipinski definition) is 1. The Hall–Kier alpha value is -0.0400. The average molecular weight is 172 g/mol. The molecule has 0 amide bonds. The monoisotopic (exact) mass is 172 g/mol. The number of rotatable bonds is 7. The van der Waals surface area contributed by atoms with E-state index in [2.05, 4.69) is 20.8 Å². The van der Waals surface area contributed by atoms with Crippen LogP contribution in [-0.4, -0.2) is 11.7 Å². The molecule has 0 saturated carbocycles. The van der Waals surface area contributed by atoms with Crippen LogP contribution in [0.15, 0.2) is 0 Å². The quantitative estimate of drug-likeness (QED) is 0.585. The lowest BCUT2D eigenvalue weighted by atomic mass is 9.93.